The predicted molar refractivity (Wildman–Crippen MR) is 353 cm³/mol. The molecule has 0 bridgehead atoms. The van der Waals surface area contributed by atoms with Crippen molar-refractivity contribution in [2.75, 3.05) is 51.5 Å². The summed E-state index contributed by atoms with van der Waals surface area (Å²) in [6.45, 7) is 25.7. The minimum absolute atomic E-state index is 0.410. The largest absolute Gasteiger partial charge is 0.494 e. The standard InChI is InChI=1S/C62H74O6S5.2C2H6.CH4S/c1-11-15-37-65-48-26-18-44(19-27-48)61(63,46-22-30-50(31-23-46)67-39-41(5)13-3)55-57(52-34-17-43(7)69-52)71-60-56(58(72-59(55)60)53-35-36-54(70-53)73(8,9)10)62(64,45-20-28-49(29-21-45)66-38-16-12-2)47-24-32-51(33-25-47)68-40-42(6)14-4;3*1-2/h17-36,41-42,63-64H,11-16,37-40H2,1-10H3;2*1-2H3;2H,1H3. The first-order valence-corrected chi connectivity index (χ1v) is 35.4. The summed E-state index contributed by atoms with van der Waals surface area (Å²) in [7, 11) is -1.09. The molecule has 8 aromatic rings. The quantitative estimate of drug-likeness (QED) is 0.0391. The fourth-order valence-electron chi connectivity index (χ4n) is 8.73. The van der Waals surface area contributed by atoms with Crippen molar-refractivity contribution in [2.45, 2.75) is 130 Å². The van der Waals surface area contributed by atoms with Crippen LogP contribution in [0.3, 0.4) is 0 Å². The van der Waals surface area contributed by atoms with E-state index in [1.165, 1.54) is 9.09 Å². The van der Waals surface area contributed by atoms with Crippen LogP contribution in [-0.2, 0) is 11.2 Å². The van der Waals surface area contributed by atoms with Crippen molar-refractivity contribution in [1.29, 1.82) is 0 Å². The topological polar surface area (TPSA) is 77.4 Å². The molecule has 0 fully saturated rings. The van der Waals surface area contributed by atoms with E-state index in [-0.39, 0.29) is 0 Å². The highest BCUT2D eigenvalue weighted by molar-refractivity contribution is 8.33. The lowest BCUT2D eigenvalue weighted by molar-refractivity contribution is 0.127. The molecule has 430 valence electrons. The van der Waals surface area contributed by atoms with E-state index < -0.39 is 21.2 Å². The second-order valence-corrected chi connectivity index (χ2v) is 29.0. The first-order chi connectivity index (χ1) is 38.1. The smallest absolute Gasteiger partial charge is 0.143 e. The second kappa shape index (κ2) is 31.3. The van der Waals surface area contributed by atoms with Gasteiger partial charge in [0.15, 0.2) is 0 Å². The number of rotatable bonds is 25. The second-order valence-electron chi connectivity index (χ2n) is 20.2. The van der Waals surface area contributed by atoms with Gasteiger partial charge < -0.3 is 29.2 Å². The van der Waals surface area contributed by atoms with Gasteiger partial charge in [0.05, 0.1) is 45.6 Å². The number of hydrogen-bond acceptors (Lipinski definition) is 11. The van der Waals surface area contributed by atoms with Crippen molar-refractivity contribution in [3.05, 3.63) is 160 Å². The van der Waals surface area contributed by atoms with Crippen molar-refractivity contribution in [3.63, 3.8) is 0 Å². The lowest BCUT2D eigenvalue weighted by atomic mass is 9.78. The van der Waals surface area contributed by atoms with Crippen LogP contribution in [0, 0.1) is 18.8 Å². The van der Waals surface area contributed by atoms with Crippen LogP contribution in [0.5, 0.6) is 23.0 Å². The summed E-state index contributed by atoms with van der Waals surface area (Å²) in [5, 5.41) is 28.7. The van der Waals surface area contributed by atoms with Crippen molar-refractivity contribution >= 4 is 77.4 Å². The van der Waals surface area contributed by atoms with Gasteiger partial charge in [0.1, 0.15) is 34.2 Å². The average Bonchev–Trinajstić information content (AvgIpc) is 4.45. The molecule has 0 amide bonds. The molecule has 79 heavy (non-hydrogen) atoms. The molecule has 0 saturated heterocycles. The molecule has 12 heteroatoms. The Kier molecular flexibility index (Phi) is 25.9. The van der Waals surface area contributed by atoms with Gasteiger partial charge >= 0.3 is 0 Å². The lowest BCUT2D eigenvalue weighted by Gasteiger charge is -2.31. The Balaban J connectivity index is 0.00000185. The van der Waals surface area contributed by atoms with Crippen molar-refractivity contribution < 1.29 is 29.2 Å². The van der Waals surface area contributed by atoms with Gasteiger partial charge in [-0.2, -0.15) is 12.6 Å². The van der Waals surface area contributed by atoms with Gasteiger partial charge in [-0.1, -0.05) is 143 Å². The zero-order valence-electron chi connectivity index (χ0n) is 49.8. The summed E-state index contributed by atoms with van der Waals surface area (Å²) >= 11 is 10.4. The maximum atomic E-state index is 14.4. The van der Waals surface area contributed by atoms with Crippen LogP contribution < -0.4 is 18.9 Å². The number of aryl methyl sites for hydroxylation is 1. The predicted octanol–water partition coefficient (Wildman–Crippen LogP) is 20.2. The van der Waals surface area contributed by atoms with Gasteiger partial charge in [-0.15, -0.1) is 45.3 Å². The van der Waals surface area contributed by atoms with E-state index in [0.29, 0.717) is 60.5 Å². The third kappa shape index (κ3) is 15.7. The Labute approximate surface area is 498 Å². The SMILES string of the molecule is CC.CC.CCCCOc1ccc(C(O)(c2ccc(OCC(C)CC)cc2)c2c(-c3ccc(C)s3)sc3c(C(O)(c4ccc(OCCCC)cc4)c4ccc(OCC(C)CC)cc4)c(-c4ccc(S(C)(C)C)s4)sc23)cc1.CS. The molecule has 0 saturated carbocycles. The van der Waals surface area contributed by atoms with Crippen LogP contribution in [0.2, 0.25) is 0 Å². The molecule has 0 aliphatic heterocycles. The molecule has 4 aromatic carbocycles. The number of aliphatic hydroxyl groups is 2. The van der Waals surface area contributed by atoms with Crippen LogP contribution in [0.25, 0.3) is 28.9 Å². The molecular weight excluding hydrogens is 1090 g/mol. The monoisotopic (exact) mass is 1180 g/mol. The van der Waals surface area contributed by atoms with E-state index in [1.54, 1.807) is 51.6 Å². The van der Waals surface area contributed by atoms with Gasteiger partial charge in [0, 0.05) is 30.0 Å². The molecule has 4 aromatic heterocycles. The van der Waals surface area contributed by atoms with Crippen LogP contribution in [0.15, 0.2) is 126 Å². The van der Waals surface area contributed by atoms with Gasteiger partial charge in [0.2, 0.25) is 0 Å². The maximum absolute atomic E-state index is 14.4. The van der Waals surface area contributed by atoms with Crippen molar-refractivity contribution in [1.82, 2.24) is 0 Å². The number of thiophene rings is 4. The van der Waals surface area contributed by atoms with Crippen LogP contribution in [0.4, 0.5) is 0 Å². The van der Waals surface area contributed by atoms with E-state index in [2.05, 4.69) is 104 Å². The summed E-state index contributed by atoms with van der Waals surface area (Å²) in [4.78, 5) is 5.22. The van der Waals surface area contributed by atoms with E-state index in [0.717, 1.165) is 102 Å². The number of thiol groups is 1. The fourth-order valence-corrected chi connectivity index (χ4v) is 15.4. The zero-order valence-corrected chi connectivity index (χ0v) is 54.8. The summed E-state index contributed by atoms with van der Waals surface area (Å²) in [6, 6.07) is 40.9. The highest BCUT2D eigenvalue weighted by atomic mass is 32.3. The van der Waals surface area contributed by atoms with Crippen molar-refractivity contribution in [2.24, 2.45) is 11.8 Å². The van der Waals surface area contributed by atoms with Gasteiger partial charge in [-0.3, -0.25) is 0 Å². The number of ether oxygens (including phenoxy) is 4. The minimum atomic E-state index is -1.67. The van der Waals surface area contributed by atoms with Gasteiger partial charge in [-0.25, -0.2) is 10.0 Å². The summed E-state index contributed by atoms with van der Waals surface area (Å²) in [6.07, 6.45) is 14.7. The number of unbranched alkanes of at least 4 members (excludes halogenated alkanes) is 2. The Morgan fingerprint density at radius 1 is 0.468 bits per heavy atom. The van der Waals surface area contributed by atoms with Crippen molar-refractivity contribution in [3.8, 4) is 42.5 Å². The molecule has 0 aliphatic rings. The third-order valence-corrected chi connectivity index (χ3v) is 21.6. The highest BCUT2D eigenvalue weighted by Crippen LogP contribution is 2.61. The highest BCUT2D eigenvalue weighted by Gasteiger charge is 2.45. The van der Waals surface area contributed by atoms with E-state index in [1.807, 2.05) is 125 Å². The molecule has 0 radical (unpaired) electrons. The molecule has 4 unspecified atom stereocenters. The Bertz CT molecular complexity index is 3020. The lowest BCUT2D eigenvalue weighted by Crippen LogP contribution is -2.29. The van der Waals surface area contributed by atoms with Gasteiger partial charge in [-0.05, 0) is 152 Å². The van der Waals surface area contributed by atoms with Crippen LogP contribution in [-0.4, -0.2) is 61.7 Å². The molecule has 4 atom stereocenters. The summed E-state index contributed by atoms with van der Waals surface area (Å²) in [5.74, 6) is 3.86. The number of benzene rings is 4. The Morgan fingerprint density at radius 3 is 1.09 bits per heavy atom. The zero-order chi connectivity index (χ0) is 57.9. The number of fused-ring (bicyclic) bond motifs is 1. The molecule has 2 N–H and O–H groups in total. The molecular formula is C67H90O6S6. The van der Waals surface area contributed by atoms with E-state index >= 15 is 0 Å². The first-order valence-electron chi connectivity index (χ1n) is 28.4. The maximum Gasteiger partial charge on any atom is 0.143 e. The molecule has 6 nitrogen and oxygen atoms in total. The van der Waals surface area contributed by atoms with Gasteiger partial charge in [0.25, 0.3) is 0 Å². The minimum Gasteiger partial charge on any atom is -0.494 e. The number of hydrogen-bond donors (Lipinski definition) is 3. The first kappa shape index (κ1) is 65.6. The van der Waals surface area contributed by atoms with E-state index in [4.69, 9.17) is 18.9 Å². The summed E-state index contributed by atoms with van der Waals surface area (Å²) < 4.78 is 28.2. The Hall–Kier alpha value is -4.24. The molecule has 4 heterocycles. The molecule has 0 spiro atoms. The average molecular weight is 1180 g/mol. The van der Waals surface area contributed by atoms with E-state index in [9.17, 15) is 10.2 Å². The molecule has 8 rings (SSSR count). The fraction of sp³-hybridized carbons (Fsp3) is 0.433. The normalized spacial score (nSPS) is 13.7. The van der Waals surface area contributed by atoms with Crippen LogP contribution in [0.1, 0.15) is 146 Å². The van der Waals surface area contributed by atoms with Crippen LogP contribution >= 0.6 is 68.0 Å². The third-order valence-electron chi connectivity index (χ3n) is 13.7. The molecule has 0 aliphatic carbocycles. The summed E-state index contributed by atoms with van der Waals surface area (Å²) in [5.41, 5.74) is 1.10. The Morgan fingerprint density at radius 2 is 0.797 bits per heavy atom.